The molecular formula is C13H19NS. The first-order chi connectivity index (χ1) is 7.25. The van der Waals surface area contributed by atoms with Gasteiger partial charge in [0.05, 0.1) is 0 Å². The molecule has 1 nitrogen and oxygen atoms in total. The Morgan fingerprint density at radius 2 is 2.07 bits per heavy atom. The number of nitrogen functional groups attached to an aromatic ring is 1. The monoisotopic (exact) mass is 221 g/mol. The fourth-order valence-electron chi connectivity index (χ4n) is 2.25. The topological polar surface area (TPSA) is 26.0 Å². The van der Waals surface area contributed by atoms with Crippen molar-refractivity contribution >= 4 is 17.4 Å². The van der Waals surface area contributed by atoms with Gasteiger partial charge in [-0.05, 0) is 30.9 Å². The van der Waals surface area contributed by atoms with Gasteiger partial charge in [-0.3, -0.25) is 0 Å². The van der Waals surface area contributed by atoms with Gasteiger partial charge in [0.1, 0.15) is 0 Å². The normalized spacial score (nSPS) is 26.5. The molecule has 1 fully saturated rings. The summed E-state index contributed by atoms with van der Waals surface area (Å²) in [6.07, 6.45) is 5.48. The van der Waals surface area contributed by atoms with Gasteiger partial charge in [0.2, 0.25) is 0 Å². The Bertz CT molecular complexity index is 324. The van der Waals surface area contributed by atoms with Crippen LogP contribution in [0.1, 0.15) is 32.6 Å². The summed E-state index contributed by atoms with van der Waals surface area (Å²) in [5.74, 6) is 0.890. The Morgan fingerprint density at radius 1 is 1.27 bits per heavy atom. The van der Waals surface area contributed by atoms with E-state index in [1.807, 2.05) is 23.9 Å². The molecule has 2 N–H and O–H groups in total. The van der Waals surface area contributed by atoms with Crippen LogP contribution in [0.25, 0.3) is 0 Å². The summed E-state index contributed by atoms with van der Waals surface area (Å²) < 4.78 is 0. The van der Waals surface area contributed by atoms with E-state index in [0.29, 0.717) is 0 Å². The third kappa shape index (κ3) is 2.91. The zero-order chi connectivity index (χ0) is 10.7. The molecular weight excluding hydrogens is 202 g/mol. The lowest BCUT2D eigenvalue weighted by Crippen LogP contribution is -2.15. The lowest BCUT2D eigenvalue weighted by Gasteiger charge is -2.26. The number of thioether (sulfide) groups is 1. The van der Waals surface area contributed by atoms with E-state index in [-0.39, 0.29) is 0 Å². The van der Waals surface area contributed by atoms with Crippen molar-refractivity contribution in [3.8, 4) is 0 Å². The highest BCUT2D eigenvalue weighted by molar-refractivity contribution is 8.00. The van der Waals surface area contributed by atoms with Crippen LogP contribution in [-0.2, 0) is 0 Å². The smallest absolute Gasteiger partial charge is 0.0452 e. The van der Waals surface area contributed by atoms with E-state index in [1.54, 1.807) is 0 Å². The Labute approximate surface area is 96.4 Å². The highest BCUT2D eigenvalue weighted by Gasteiger charge is 2.20. The predicted octanol–water partition coefficient (Wildman–Crippen LogP) is 3.94. The van der Waals surface area contributed by atoms with E-state index in [2.05, 4.69) is 19.1 Å². The average Bonchev–Trinajstić information content (AvgIpc) is 2.22. The zero-order valence-electron chi connectivity index (χ0n) is 9.28. The minimum absolute atomic E-state index is 0.776. The van der Waals surface area contributed by atoms with Crippen LogP contribution in [0.5, 0.6) is 0 Å². The minimum atomic E-state index is 0.776. The first-order valence-corrected chi connectivity index (χ1v) is 6.65. The van der Waals surface area contributed by atoms with Crippen LogP contribution in [0, 0.1) is 5.92 Å². The van der Waals surface area contributed by atoms with Crippen LogP contribution in [0.4, 0.5) is 5.69 Å². The molecule has 0 aliphatic heterocycles. The number of benzene rings is 1. The fourth-order valence-corrected chi connectivity index (χ4v) is 3.68. The third-order valence-corrected chi connectivity index (χ3v) is 4.49. The number of para-hydroxylation sites is 1. The molecule has 0 bridgehead atoms. The van der Waals surface area contributed by atoms with Crippen molar-refractivity contribution in [2.45, 2.75) is 42.8 Å². The molecule has 0 aromatic heterocycles. The van der Waals surface area contributed by atoms with Crippen molar-refractivity contribution in [1.29, 1.82) is 0 Å². The van der Waals surface area contributed by atoms with E-state index in [9.17, 15) is 0 Å². The van der Waals surface area contributed by atoms with Gasteiger partial charge >= 0.3 is 0 Å². The van der Waals surface area contributed by atoms with Crippen LogP contribution in [0.3, 0.4) is 0 Å². The molecule has 2 unspecified atom stereocenters. The lowest BCUT2D eigenvalue weighted by atomic mass is 9.91. The van der Waals surface area contributed by atoms with E-state index in [1.165, 1.54) is 30.6 Å². The number of hydrogen-bond acceptors (Lipinski definition) is 2. The van der Waals surface area contributed by atoms with Gasteiger partial charge in [0.25, 0.3) is 0 Å². The maximum atomic E-state index is 5.95. The summed E-state index contributed by atoms with van der Waals surface area (Å²) >= 11 is 1.97. The quantitative estimate of drug-likeness (QED) is 0.765. The third-order valence-electron chi connectivity index (χ3n) is 3.10. The Morgan fingerprint density at radius 3 is 2.80 bits per heavy atom. The molecule has 1 aliphatic carbocycles. The highest BCUT2D eigenvalue weighted by Crippen LogP contribution is 2.37. The van der Waals surface area contributed by atoms with Gasteiger partial charge in [-0.25, -0.2) is 0 Å². The van der Waals surface area contributed by atoms with Crippen LogP contribution in [0.2, 0.25) is 0 Å². The minimum Gasteiger partial charge on any atom is -0.398 e. The summed E-state index contributed by atoms with van der Waals surface area (Å²) in [5, 5.41) is 0.776. The molecule has 82 valence electrons. The van der Waals surface area contributed by atoms with Crippen molar-refractivity contribution in [3.63, 3.8) is 0 Å². The average molecular weight is 221 g/mol. The molecule has 2 rings (SSSR count). The van der Waals surface area contributed by atoms with E-state index in [0.717, 1.165) is 16.9 Å². The summed E-state index contributed by atoms with van der Waals surface area (Å²) in [7, 11) is 0. The molecule has 0 amide bonds. The molecule has 0 saturated heterocycles. The molecule has 2 atom stereocenters. The maximum Gasteiger partial charge on any atom is 0.0452 e. The zero-order valence-corrected chi connectivity index (χ0v) is 10.1. The number of hydrogen-bond donors (Lipinski definition) is 1. The second-order valence-electron chi connectivity index (χ2n) is 4.55. The largest absolute Gasteiger partial charge is 0.398 e. The molecule has 0 radical (unpaired) electrons. The SMILES string of the molecule is CC1CCCC(Sc2ccccc2N)C1. The highest BCUT2D eigenvalue weighted by atomic mass is 32.2. The Hall–Kier alpha value is -0.630. The molecule has 1 aromatic rings. The summed E-state index contributed by atoms with van der Waals surface area (Å²) in [4.78, 5) is 1.26. The first-order valence-electron chi connectivity index (χ1n) is 5.77. The Kier molecular flexibility index (Phi) is 3.57. The standard InChI is InChI=1S/C13H19NS/c1-10-5-4-6-11(9-10)15-13-8-3-2-7-12(13)14/h2-3,7-8,10-11H,4-6,9,14H2,1H3. The lowest BCUT2D eigenvalue weighted by molar-refractivity contribution is 0.394. The van der Waals surface area contributed by atoms with Crippen molar-refractivity contribution in [2.75, 3.05) is 5.73 Å². The van der Waals surface area contributed by atoms with Gasteiger partial charge < -0.3 is 5.73 Å². The van der Waals surface area contributed by atoms with Crippen molar-refractivity contribution in [3.05, 3.63) is 24.3 Å². The van der Waals surface area contributed by atoms with E-state index < -0.39 is 0 Å². The van der Waals surface area contributed by atoms with Crippen LogP contribution >= 0.6 is 11.8 Å². The second-order valence-corrected chi connectivity index (χ2v) is 5.89. The maximum absolute atomic E-state index is 5.95. The molecule has 15 heavy (non-hydrogen) atoms. The van der Waals surface area contributed by atoms with Gasteiger partial charge in [-0.2, -0.15) is 0 Å². The Balaban J connectivity index is 1.99. The number of nitrogens with two attached hydrogens (primary N) is 1. The molecule has 0 heterocycles. The summed E-state index contributed by atoms with van der Waals surface area (Å²) in [5.41, 5.74) is 6.88. The molecule has 1 aromatic carbocycles. The van der Waals surface area contributed by atoms with Crippen LogP contribution < -0.4 is 5.73 Å². The molecule has 1 saturated carbocycles. The molecule has 1 aliphatic rings. The van der Waals surface area contributed by atoms with Gasteiger partial charge in [-0.15, -0.1) is 11.8 Å². The molecule has 2 heteroatoms. The fraction of sp³-hybridized carbons (Fsp3) is 0.538. The van der Waals surface area contributed by atoms with Gasteiger partial charge in [0, 0.05) is 15.8 Å². The molecule has 0 spiro atoms. The summed E-state index contributed by atoms with van der Waals surface area (Å²) in [6.45, 7) is 2.36. The van der Waals surface area contributed by atoms with E-state index in [4.69, 9.17) is 5.73 Å². The summed E-state index contributed by atoms with van der Waals surface area (Å²) in [6, 6.07) is 8.21. The second kappa shape index (κ2) is 4.93. The van der Waals surface area contributed by atoms with Crippen molar-refractivity contribution in [1.82, 2.24) is 0 Å². The van der Waals surface area contributed by atoms with E-state index >= 15 is 0 Å². The number of rotatable bonds is 2. The number of anilines is 1. The van der Waals surface area contributed by atoms with Gasteiger partial charge in [-0.1, -0.05) is 31.9 Å². The first kappa shape index (κ1) is 10.9. The van der Waals surface area contributed by atoms with Crippen LogP contribution in [0.15, 0.2) is 29.2 Å². The van der Waals surface area contributed by atoms with Crippen LogP contribution in [-0.4, -0.2) is 5.25 Å². The van der Waals surface area contributed by atoms with Crippen molar-refractivity contribution in [2.24, 2.45) is 5.92 Å². The predicted molar refractivity (Wildman–Crippen MR) is 68.1 cm³/mol. The van der Waals surface area contributed by atoms with Gasteiger partial charge in [0.15, 0.2) is 0 Å². The van der Waals surface area contributed by atoms with Crippen molar-refractivity contribution < 1.29 is 0 Å².